The number of nitrogens with zero attached hydrogens (tertiary/aromatic N) is 12. The number of aryl methyl sites for hydroxylation is 8. The standard InChI is InChI=1S/C21H28N4O3.C16H20N4O.C12H11ClN2O.C9H18N2O2.C7H8O.C5H4Cl2N2.CH2Cl2.CH4/c1-15-6-8-17(9-7-15)27-18-14-16(2)22-19(23-18)24-10-12-25(13-11-24)20(26)28-21(3,4)5;1-12-3-5-14(6-4-12)21-15-11-13(2)18-16(19-15)20-9-7-17-8-10-20;1-8-3-5-10(6-4-8)16-11-7-9(2)14-12(13)15-11;1-9(2,3)13-8(12)11-6-4-10-5-7-11;1-6-2-4-7(8)5-3-6;1-3-2-4(6)9-5(7)8-3;2-1-3;/h6-9,14H,10-13H2,1-5H3;3-6,11,17H,7-10H2,1-2H3;3-7H,1-2H3;10H,4-7H2,1-3H3;2-5,8H,1H3;2H,1H3;1H2;1H4. The minimum atomic E-state index is -0.490. The SMILES string of the molecule is C.CC(C)(C)OC(=O)N1CCNCC1.Cc1cc(Cl)nc(Cl)n1.Cc1ccc(O)cc1.Cc1ccc(Oc2cc(C)nc(Cl)n2)cc1.Cc1ccc(Oc2cc(C)nc(N3CCN(C(=O)OC(C)(C)C)CC3)n2)cc1.Cc1ccc(Oc2cc(C)nc(N3CCNCC3)n2)cc1.ClCCl. The fourth-order valence-electron chi connectivity index (χ4n) is 8.67. The van der Waals surface area contributed by atoms with Crippen molar-refractivity contribution in [1.82, 2.24) is 60.3 Å². The molecule has 22 nitrogen and oxygen atoms in total. The molecule has 2 amide bonds. The van der Waals surface area contributed by atoms with Crippen LogP contribution in [0.3, 0.4) is 0 Å². The molecule has 3 aliphatic rings. The molecule has 8 aromatic rings. The van der Waals surface area contributed by atoms with Crippen molar-refractivity contribution >= 4 is 82.1 Å². The number of alkyl halides is 2. The highest BCUT2D eigenvalue weighted by Crippen LogP contribution is 2.27. The molecule has 3 fully saturated rings. The van der Waals surface area contributed by atoms with Crippen LogP contribution >= 0.6 is 58.0 Å². The van der Waals surface area contributed by atoms with E-state index in [1.54, 1.807) is 41.0 Å². The van der Waals surface area contributed by atoms with Crippen molar-refractivity contribution in [2.45, 2.75) is 116 Å². The van der Waals surface area contributed by atoms with E-state index in [9.17, 15) is 9.59 Å². The zero-order valence-electron chi connectivity index (χ0n) is 58.3. The second kappa shape index (κ2) is 42.1. The third-order valence-electron chi connectivity index (χ3n) is 13.4. The van der Waals surface area contributed by atoms with E-state index in [0.717, 1.165) is 98.3 Å². The number of amides is 2. The summed E-state index contributed by atoms with van der Waals surface area (Å²) in [5.74, 6) is 5.54. The molecular formula is C72H95Cl5N14O8. The molecule has 4 aromatic heterocycles. The van der Waals surface area contributed by atoms with Crippen LogP contribution in [0.15, 0.2) is 121 Å². The quantitative estimate of drug-likeness (QED) is 0.0727. The summed E-state index contributed by atoms with van der Waals surface area (Å²) in [7, 11) is 0. The number of aromatic nitrogens is 8. The molecule has 3 saturated heterocycles. The fourth-order valence-corrected chi connectivity index (χ4v) is 9.39. The summed E-state index contributed by atoms with van der Waals surface area (Å²) in [6.45, 7) is 36.3. The van der Waals surface area contributed by atoms with Crippen molar-refractivity contribution in [1.29, 1.82) is 0 Å². The molecule has 0 unspecified atom stereocenters. The molecule has 536 valence electrons. The van der Waals surface area contributed by atoms with E-state index in [4.69, 9.17) is 86.8 Å². The molecule has 0 spiro atoms. The smallest absolute Gasteiger partial charge is 0.410 e. The van der Waals surface area contributed by atoms with Gasteiger partial charge < -0.3 is 59.0 Å². The lowest BCUT2D eigenvalue weighted by Gasteiger charge is -2.35. The molecule has 4 aromatic carbocycles. The number of nitrogens with one attached hydrogen (secondary N) is 2. The summed E-state index contributed by atoms with van der Waals surface area (Å²) in [4.78, 5) is 65.0. The average molecular weight is 1460 g/mol. The van der Waals surface area contributed by atoms with Crippen molar-refractivity contribution in [3.63, 3.8) is 0 Å². The van der Waals surface area contributed by atoms with E-state index in [2.05, 4.69) is 67.2 Å². The van der Waals surface area contributed by atoms with Crippen LogP contribution in [0.2, 0.25) is 15.7 Å². The Hall–Kier alpha value is -8.09. The summed E-state index contributed by atoms with van der Waals surface area (Å²) in [5.41, 5.74) is 7.17. The largest absolute Gasteiger partial charge is 0.508 e. The minimum absolute atomic E-state index is 0. The van der Waals surface area contributed by atoms with Gasteiger partial charge in [-0.25, -0.2) is 34.5 Å². The third kappa shape index (κ3) is 33.6. The van der Waals surface area contributed by atoms with Crippen molar-refractivity contribution in [2.24, 2.45) is 0 Å². The monoisotopic (exact) mass is 1460 g/mol. The van der Waals surface area contributed by atoms with Gasteiger partial charge in [0.1, 0.15) is 39.4 Å². The highest BCUT2D eigenvalue weighted by molar-refractivity contribution is 6.40. The number of aromatic hydroxyl groups is 1. The molecule has 3 N–H and O–H groups in total. The molecule has 0 aliphatic carbocycles. The number of phenols is 1. The molecule has 27 heteroatoms. The van der Waals surface area contributed by atoms with E-state index < -0.39 is 5.60 Å². The van der Waals surface area contributed by atoms with Gasteiger partial charge >= 0.3 is 12.2 Å². The number of rotatable bonds is 8. The second-order valence-corrected chi connectivity index (χ2v) is 26.5. The Bertz CT molecular complexity index is 3610. The number of hydrogen-bond acceptors (Lipinski definition) is 20. The van der Waals surface area contributed by atoms with Gasteiger partial charge in [-0.05, 0) is 175 Å². The lowest BCUT2D eigenvalue weighted by atomic mass is 10.2. The maximum atomic E-state index is 12.2. The number of carbonyl (C=O) groups is 2. The van der Waals surface area contributed by atoms with Gasteiger partial charge in [0, 0.05) is 120 Å². The molecule has 11 rings (SSSR count). The number of halogens is 5. The van der Waals surface area contributed by atoms with E-state index in [0.29, 0.717) is 60.7 Å². The first-order chi connectivity index (χ1) is 46.4. The van der Waals surface area contributed by atoms with Gasteiger partial charge in [0.15, 0.2) is 0 Å². The maximum Gasteiger partial charge on any atom is 0.410 e. The minimum Gasteiger partial charge on any atom is -0.508 e. The number of piperazine rings is 3. The van der Waals surface area contributed by atoms with Crippen LogP contribution in [0, 0.1) is 55.4 Å². The number of ether oxygens (including phenoxy) is 5. The van der Waals surface area contributed by atoms with Gasteiger partial charge in [-0.2, -0.15) is 15.0 Å². The first-order valence-corrected chi connectivity index (χ1v) is 34.0. The van der Waals surface area contributed by atoms with Crippen LogP contribution in [-0.2, 0) is 9.47 Å². The second-order valence-electron chi connectivity index (χ2n) is 24.6. The summed E-state index contributed by atoms with van der Waals surface area (Å²) in [6, 6.07) is 37.7. The first-order valence-electron chi connectivity index (χ1n) is 31.8. The van der Waals surface area contributed by atoms with Gasteiger partial charge in [-0.1, -0.05) is 89.8 Å². The van der Waals surface area contributed by atoms with Crippen LogP contribution in [0.5, 0.6) is 40.6 Å². The molecule has 0 bridgehead atoms. The molecule has 0 atom stereocenters. The number of hydrogen-bond donors (Lipinski definition) is 3. The van der Waals surface area contributed by atoms with E-state index in [1.807, 2.05) is 180 Å². The topological polar surface area (TPSA) is 241 Å². The first kappa shape index (κ1) is 83.3. The molecule has 3 aliphatic heterocycles. The van der Waals surface area contributed by atoms with Crippen LogP contribution in [0.1, 0.15) is 94.0 Å². The van der Waals surface area contributed by atoms with Gasteiger partial charge in [-0.15, -0.1) is 23.2 Å². The van der Waals surface area contributed by atoms with E-state index in [-0.39, 0.29) is 41.1 Å². The van der Waals surface area contributed by atoms with Crippen molar-refractivity contribution < 1.29 is 38.4 Å². The van der Waals surface area contributed by atoms with E-state index >= 15 is 0 Å². The molecule has 0 saturated carbocycles. The predicted molar refractivity (Wildman–Crippen MR) is 398 cm³/mol. The average Bonchev–Trinajstić information content (AvgIpc) is 0.931. The zero-order valence-corrected chi connectivity index (χ0v) is 62.1. The van der Waals surface area contributed by atoms with Gasteiger partial charge in [-0.3, -0.25) is 0 Å². The van der Waals surface area contributed by atoms with Crippen molar-refractivity contribution in [3.8, 4) is 40.6 Å². The van der Waals surface area contributed by atoms with Gasteiger partial charge in [0.2, 0.25) is 40.1 Å². The highest BCUT2D eigenvalue weighted by atomic mass is 35.5. The third-order valence-corrected chi connectivity index (χ3v) is 13.9. The molecular weight excluding hydrogens is 1370 g/mol. The lowest BCUT2D eigenvalue weighted by Crippen LogP contribution is -2.50. The van der Waals surface area contributed by atoms with Crippen molar-refractivity contribution in [2.75, 3.05) is 93.7 Å². The van der Waals surface area contributed by atoms with Crippen LogP contribution < -0.4 is 34.6 Å². The Morgan fingerprint density at radius 2 is 0.727 bits per heavy atom. The zero-order chi connectivity index (χ0) is 72.0. The molecule has 0 radical (unpaired) electrons. The normalized spacial score (nSPS) is 13.2. The fraction of sp³-hybridized carbons (Fsp3) is 0.417. The Labute approximate surface area is 609 Å². The summed E-state index contributed by atoms with van der Waals surface area (Å²) >= 11 is 26.2. The number of carbonyl (C=O) groups excluding carboxylic acids is 2. The number of phenolic OH excluding ortho intramolecular Hbond substituents is 1. The Morgan fingerprint density at radius 1 is 0.424 bits per heavy atom. The Morgan fingerprint density at radius 3 is 1.06 bits per heavy atom. The summed E-state index contributed by atoms with van der Waals surface area (Å²) in [5, 5.41) is 16.2. The van der Waals surface area contributed by atoms with Crippen molar-refractivity contribution in [3.05, 3.63) is 182 Å². The maximum absolute atomic E-state index is 12.2. The van der Waals surface area contributed by atoms with Crippen LogP contribution in [0.25, 0.3) is 0 Å². The predicted octanol–water partition coefficient (Wildman–Crippen LogP) is 16.5. The lowest BCUT2D eigenvalue weighted by molar-refractivity contribution is 0.0223. The Balaban J connectivity index is 0.000000262. The van der Waals surface area contributed by atoms with Gasteiger partial charge in [0.05, 0.1) is 5.34 Å². The summed E-state index contributed by atoms with van der Waals surface area (Å²) in [6.07, 6.45) is -0.477. The van der Waals surface area contributed by atoms with Crippen LogP contribution in [-0.4, -0.2) is 162 Å². The molecule has 99 heavy (non-hydrogen) atoms. The van der Waals surface area contributed by atoms with Gasteiger partial charge in [0.25, 0.3) is 0 Å². The number of anilines is 2. The Kier molecular flexibility index (Phi) is 35.4. The number of benzene rings is 4. The highest BCUT2D eigenvalue weighted by Gasteiger charge is 2.28. The molecule has 7 heterocycles. The van der Waals surface area contributed by atoms with E-state index in [1.165, 1.54) is 22.3 Å². The summed E-state index contributed by atoms with van der Waals surface area (Å²) < 4.78 is 28.0. The van der Waals surface area contributed by atoms with Crippen LogP contribution in [0.4, 0.5) is 21.5 Å².